The van der Waals surface area contributed by atoms with E-state index in [9.17, 15) is 0 Å². The fourth-order valence-electron chi connectivity index (χ4n) is 1.97. The summed E-state index contributed by atoms with van der Waals surface area (Å²) in [6.07, 6.45) is 3.48. The summed E-state index contributed by atoms with van der Waals surface area (Å²) in [5, 5.41) is 0. The Hall–Kier alpha value is -0.0400. The van der Waals surface area contributed by atoms with Crippen LogP contribution in [-0.4, -0.2) is 12.2 Å². The highest BCUT2D eigenvalue weighted by molar-refractivity contribution is 4.77. The minimum Gasteiger partial charge on any atom is -0.375 e. The Morgan fingerprint density at radius 2 is 1.82 bits per heavy atom. The van der Waals surface area contributed by atoms with E-state index in [1.807, 2.05) is 0 Å². The highest BCUT2D eigenvalue weighted by Crippen LogP contribution is 2.30. The number of rotatable bonds is 1. The summed E-state index contributed by atoms with van der Waals surface area (Å²) in [6, 6.07) is 0. The molecule has 0 bridgehead atoms. The molecule has 1 fully saturated rings. The molecule has 0 radical (unpaired) electrons. The Balaban J connectivity index is 2.48. The van der Waals surface area contributed by atoms with Crippen molar-refractivity contribution in [2.45, 2.75) is 52.7 Å². The van der Waals surface area contributed by atoms with Gasteiger partial charge in [-0.05, 0) is 31.6 Å². The second kappa shape index (κ2) is 3.57. The lowest BCUT2D eigenvalue weighted by Gasteiger charge is -2.37. The van der Waals surface area contributed by atoms with Crippen LogP contribution in [0.2, 0.25) is 0 Å². The summed E-state index contributed by atoms with van der Waals surface area (Å²) in [7, 11) is 0. The van der Waals surface area contributed by atoms with Crippen molar-refractivity contribution in [2.75, 3.05) is 0 Å². The predicted molar refractivity (Wildman–Crippen MR) is 47.6 cm³/mol. The van der Waals surface area contributed by atoms with Crippen LogP contribution in [0, 0.1) is 11.8 Å². The number of ether oxygens (including phenoxy) is 1. The van der Waals surface area contributed by atoms with Crippen molar-refractivity contribution in [1.82, 2.24) is 0 Å². The van der Waals surface area contributed by atoms with Crippen LogP contribution in [0.5, 0.6) is 0 Å². The third kappa shape index (κ3) is 1.96. The monoisotopic (exact) mass is 156 g/mol. The minimum atomic E-state index is 0.469. The van der Waals surface area contributed by atoms with Gasteiger partial charge in [0.1, 0.15) is 0 Å². The molecule has 1 aliphatic rings. The fourth-order valence-corrected chi connectivity index (χ4v) is 1.97. The van der Waals surface area contributed by atoms with Crippen LogP contribution in [0.25, 0.3) is 0 Å². The molecule has 0 aromatic heterocycles. The van der Waals surface area contributed by atoms with Gasteiger partial charge in [-0.2, -0.15) is 0 Å². The number of hydrogen-bond acceptors (Lipinski definition) is 1. The van der Waals surface area contributed by atoms with Gasteiger partial charge in [0, 0.05) is 0 Å². The summed E-state index contributed by atoms with van der Waals surface area (Å²) in [6.45, 7) is 8.99. The van der Waals surface area contributed by atoms with Crippen molar-refractivity contribution in [1.29, 1.82) is 0 Å². The van der Waals surface area contributed by atoms with Crippen molar-refractivity contribution in [3.63, 3.8) is 0 Å². The van der Waals surface area contributed by atoms with Crippen LogP contribution in [0.1, 0.15) is 40.5 Å². The molecule has 0 aromatic carbocycles. The van der Waals surface area contributed by atoms with Gasteiger partial charge in [-0.25, -0.2) is 0 Å². The van der Waals surface area contributed by atoms with Crippen molar-refractivity contribution >= 4 is 0 Å². The first kappa shape index (κ1) is 9.05. The second-order valence-corrected chi connectivity index (χ2v) is 3.98. The topological polar surface area (TPSA) is 9.23 Å². The van der Waals surface area contributed by atoms with Gasteiger partial charge in [0.2, 0.25) is 0 Å². The summed E-state index contributed by atoms with van der Waals surface area (Å²) in [4.78, 5) is 0. The van der Waals surface area contributed by atoms with Crippen molar-refractivity contribution in [2.24, 2.45) is 11.8 Å². The Morgan fingerprint density at radius 3 is 2.36 bits per heavy atom. The van der Waals surface area contributed by atoms with Gasteiger partial charge in [-0.15, -0.1) is 0 Å². The predicted octanol–water partition coefficient (Wildman–Crippen LogP) is 2.85. The van der Waals surface area contributed by atoms with Gasteiger partial charge in [0.15, 0.2) is 0 Å². The highest BCUT2D eigenvalue weighted by Gasteiger charge is 2.29. The first-order valence-electron chi connectivity index (χ1n) is 4.80. The lowest BCUT2D eigenvalue weighted by molar-refractivity contribution is -0.0986. The molecular formula is C10H20O. The molecule has 0 spiro atoms. The molecule has 0 aliphatic carbocycles. The van der Waals surface area contributed by atoms with Gasteiger partial charge in [0.05, 0.1) is 12.2 Å². The van der Waals surface area contributed by atoms with Gasteiger partial charge in [-0.1, -0.05) is 20.8 Å². The third-order valence-electron chi connectivity index (χ3n) is 2.97. The van der Waals surface area contributed by atoms with E-state index in [1.54, 1.807) is 0 Å². The first-order chi connectivity index (χ1) is 5.15. The van der Waals surface area contributed by atoms with Crippen molar-refractivity contribution < 1.29 is 4.74 Å². The average Bonchev–Trinajstić information content (AvgIpc) is 1.97. The minimum absolute atomic E-state index is 0.469. The molecule has 1 saturated heterocycles. The molecule has 0 saturated carbocycles. The average molecular weight is 156 g/mol. The maximum Gasteiger partial charge on any atom is 0.0601 e. The third-order valence-corrected chi connectivity index (χ3v) is 2.97. The molecule has 4 unspecified atom stereocenters. The zero-order chi connectivity index (χ0) is 8.43. The summed E-state index contributed by atoms with van der Waals surface area (Å²) in [5.74, 6) is 1.50. The zero-order valence-electron chi connectivity index (χ0n) is 8.13. The van der Waals surface area contributed by atoms with Gasteiger partial charge < -0.3 is 4.74 Å². The fraction of sp³-hybridized carbons (Fsp3) is 1.00. The van der Waals surface area contributed by atoms with Crippen LogP contribution in [0.15, 0.2) is 0 Å². The van der Waals surface area contributed by atoms with Gasteiger partial charge in [-0.3, -0.25) is 0 Å². The molecular weight excluding hydrogens is 136 g/mol. The van der Waals surface area contributed by atoms with Crippen LogP contribution >= 0.6 is 0 Å². The van der Waals surface area contributed by atoms with Crippen molar-refractivity contribution in [3.05, 3.63) is 0 Å². The SMILES string of the molecule is CCC1OC(C)C(C)CC1C. The summed E-state index contributed by atoms with van der Waals surface area (Å²) in [5.41, 5.74) is 0. The van der Waals surface area contributed by atoms with E-state index in [2.05, 4.69) is 27.7 Å². The molecule has 0 N–H and O–H groups in total. The van der Waals surface area contributed by atoms with E-state index in [0.29, 0.717) is 12.2 Å². The van der Waals surface area contributed by atoms with E-state index < -0.39 is 0 Å². The molecule has 1 heterocycles. The Kier molecular flexibility index (Phi) is 2.94. The molecule has 0 amide bonds. The first-order valence-corrected chi connectivity index (χ1v) is 4.80. The maximum atomic E-state index is 5.86. The Bertz CT molecular complexity index is 122. The van der Waals surface area contributed by atoms with E-state index in [0.717, 1.165) is 18.3 Å². The lowest BCUT2D eigenvalue weighted by atomic mass is 9.85. The van der Waals surface area contributed by atoms with Crippen LogP contribution in [0.3, 0.4) is 0 Å². The Morgan fingerprint density at radius 1 is 1.18 bits per heavy atom. The van der Waals surface area contributed by atoms with Gasteiger partial charge >= 0.3 is 0 Å². The molecule has 66 valence electrons. The van der Waals surface area contributed by atoms with Crippen LogP contribution in [0.4, 0.5) is 0 Å². The highest BCUT2D eigenvalue weighted by atomic mass is 16.5. The molecule has 1 nitrogen and oxygen atoms in total. The summed E-state index contributed by atoms with van der Waals surface area (Å²) >= 11 is 0. The largest absolute Gasteiger partial charge is 0.375 e. The Labute approximate surface area is 70.1 Å². The van der Waals surface area contributed by atoms with E-state index in [1.165, 1.54) is 6.42 Å². The summed E-state index contributed by atoms with van der Waals surface area (Å²) < 4.78 is 5.86. The van der Waals surface area contributed by atoms with E-state index >= 15 is 0 Å². The van der Waals surface area contributed by atoms with E-state index in [4.69, 9.17) is 4.74 Å². The molecule has 1 aliphatic heterocycles. The second-order valence-electron chi connectivity index (χ2n) is 3.98. The van der Waals surface area contributed by atoms with Gasteiger partial charge in [0.25, 0.3) is 0 Å². The van der Waals surface area contributed by atoms with Crippen LogP contribution < -0.4 is 0 Å². The smallest absolute Gasteiger partial charge is 0.0601 e. The standard InChI is InChI=1S/C10H20O/c1-5-10-8(3)6-7(2)9(4)11-10/h7-10H,5-6H2,1-4H3. The molecule has 11 heavy (non-hydrogen) atoms. The maximum absolute atomic E-state index is 5.86. The number of hydrogen-bond donors (Lipinski definition) is 0. The normalized spacial score (nSPS) is 45.8. The van der Waals surface area contributed by atoms with E-state index in [-0.39, 0.29) is 0 Å². The quantitative estimate of drug-likeness (QED) is 0.567. The molecule has 1 heteroatoms. The molecule has 4 atom stereocenters. The van der Waals surface area contributed by atoms with Crippen LogP contribution in [-0.2, 0) is 4.74 Å². The van der Waals surface area contributed by atoms with Crippen molar-refractivity contribution in [3.8, 4) is 0 Å². The molecule has 0 aromatic rings. The zero-order valence-corrected chi connectivity index (χ0v) is 8.13. The molecule has 1 rings (SSSR count). The lowest BCUT2D eigenvalue weighted by Crippen LogP contribution is -2.36.